The van der Waals surface area contributed by atoms with E-state index in [4.69, 9.17) is 4.74 Å². The number of hydrogen-bond acceptors (Lipinski definition) is 5. The summed E-state index contributed by atoms with van der Waals surface area (Å²) in [5, 5.41) is 5.88. The average Bonchev–Trinajstić information content (AvgIpc) is 2.68. The first kappa shape index (κ1) is 20.8. The monoisotopic (exact) mass is 397 g/mol. The smallest absolute Gasteiger partial charge is 0.340 e. The Morgan fingerprint density at radius 3 is 2.55 bits per heavy atom. The Morgan fingerprint density at radius 2 is 1.83 bits per heavy atom. The van der Waals surface area contributed by atoms with Crippen LogP contribution in [0.4, 0.5) is 4.79 Å². The SMILES string of the molecule is Cc1ccc2nc(C)c(C(=O)OC(C)C(=O)NC(=O)NC3CCCCC3)cc2c1. The van der Waals surface area contributed by atoms with Gasteiger partial charge in [0.25, 0.3) is 5.91 Å². The minimum atomic E-state index is -1.10. The van der Waals surface area contributed by atoms with Gasteiger partial charge in [-0.1, -0.05) is 30.9 Å². The number of fused-ring (bicyclic) bond motifs is 1. The molecule has 1 heterocycles. The minimum Gasteiger partial charge on any atom is -0.449 e. The Morgan fingerprint density at radius 1 is 1.10 bits per heavy atom. The van der Waals surface area contributed by atoms with Gasteiger partial charge in [0.1, 0.15) is 0 Å². The molecule has 2 aromatic rings. The molecule has 0 saturated heterocycles. The molecule has 3 amide bonds. The minimum absolute atomic E-state index is 0.0872. The number of ether oxygens (including phenoxy) is 1. The van der Waals surface area contributed by atoms with Crippen LogP contribution in [0.3, 0.4) is 0 Å². The van der Waals surface area contributed by atoms with E-state index in [9.17, 15) is 14.4 Å². The van der Waals surface area contributed by atoms with Crippen LogP contribution in [0.5, 0.6) is 0 Å². The third-order valence-corrected chi connectivity index (χ3v) is 5.21. The zero-order chi connectivity index (χ0) is 21.0. The van der Waals surface area contributed by atoms with Crippen molar-refractivity contribution < 1.29 is 19.1 Å². The van der Waals surface area contributed by atoms with E-state index in [0.29, 0.717) is 11.3 Å². The summed E-state index contributed by atoms with van der Waals surface area (Å²) in [5.74, 6) is -1.30. The summed E-state index contributed by atoms with van der Waals surface area (Å²) in [5.41, 5.74) is 2.66. The number of rotatable bonds is 4. The van der Waals surface area contributed by atoms with Gasteiger partial charge in [0, 0.05) is 11.4 Å². The molecular formula is C22H27N3O4. The number of hydrogen-bond donors (Lipinski definition) is 2. The van der Waals surface area contributed by atoms with Gasteiger partial charge in [-0.3, -0.25) is 15.1 Å². The number of amides is 3. The largest absolute Gasteiger partial charge is 0.449 e. The predicted octanol–water partition coefficient (Wildman–Crippen LogP) is 3.56. The average molecular weight is 397 g/mol. The summed E-state index contributed by atoms with van der Waals surface area (Å²) in [6.45, 7) is 5.12. The molecule has 1 aromatic heterocycles. The van der Waals surface area contributed by atoms with Crippen molar-refractivity contribution in [1.29, 1.82) is 0 Å². The number of esters is 1. The standard InChI is InChI=1S/C22H27N3O4/c1-13-9-10-19-16(11-13)12-18(14(2)23-19)21(27)29-15(3)20(26)25-22(28)24-17-7-5-4-6-8-17/h9-12,15,17H,4-8H2,1-3H3,(H2,24,25,26,28). The second-order valence-corrected chi connectivity index (χ2v) is 7.66. The summed E-state index contributed by atoms with van der Waals surface area (Å²) in [6, 6.07) is 7.04. The van der Waals surface area contributed by atoms with Crippen molar-refractivity contribution >= 4 is 28.8 Å². The maximum absolute atomic E-state index is 12.6. The number of aromatic nitrogens is 1. The van der Waals surface area contributed by atoms with Crippen LogP contribution in [-0.2, 0) is 9.53 Å². The highest BCUT2D eigenvalue weighted by Gasteiger charge is 2.24. The van der Waals surface area contributed by atoms with E-state index in [2.05, 4.69) is 15.6 Å². The van der Waals surface area contributed by atoms with Crippen molar-refractivity contribution in [2.75, 3.05) is 0 Å². The molecule has 1 atom stereocenters. The summed E-state index contributed by atoms with van der Waals surface area (Å²) < 4.78 is 5.28. The topological polar surface area (TPSA) is 97.4 Å². The van der Waals surface area contributed by atoms with Crippen LogP contribution in [-0.4, -0.2) is 35.0 Å². The van der Waals surface area contributed by atoms with Gasteiger partial charge in [-0.2, -0.15) is 0 Å². The first-order valence-electron chi connectivity index (χ1n) is 10.0. The van der Waals surface area contributed by atoms with Crippen molar-refractivity contribution in [3.05, 3.63) is 41.1 Å². The van der Waals surface area contributed by atoms with Gasteiger partial charge >= 0.3 is 12.0 Å². The maximum Gasteiger partial charge on any atom is 0.340 e. The zero-order valence-corrected chi connectivity index (χ0v) is 17.1. The number of pyridine rings is 1. The van der Waals surface area contributed by atoms with Crippen LogP contribution >= 0.6 is 0 Å². The lowest BCUT2D eigenvalue weighted by molar-refractivity contribution is -0.127. The summed E-state index contributed by atoms with van der Waals surface area (Å²) in [6.07, 6.45) is 4.05. The van der Waals surface area contributed by atoms with Crippen molar-refractivity contribution in [3.8, 4) is 0 Å². The molecule has 0 spiro atoms. The molecule has 1 aliphatic carbocycles. The van der Waals surface area contributed by atoms with E-state index in [0.717, 1.165) is 42.1 Å². The highest BCUT2D eigenvalue weighted by atomic mass is 16.5. The van der Waals surface area contributed by atoms with Crippen LogP contribution in [0, 0.1) is 13.8 Å². The van der Waals surface area contributed by atoms with E-state index in [1.54, 1.807) is 13.0 Å². The predicted molar refractivity (Wildman–Crippen MR) is 110 cm³/mol. The third kappa shape index (κ3) is 5.31. The molecule has 0 bridgehead atoms. The van der Waals surface area contributed by atoms with Crippen LogP contribution in [0.2, 0.25) is 0 Å². The molecule has 0 radical (unpaired) electrons. The number of nitrogens with one attached hydrogen (secondary N) is 2. The fourth-order valence-corrected chi connectivity index (χ4v) is 3.56. The van der Waals surface area contributed by atoms with Gasteiger partial charge in [-0.05, 0) is 51.8 Å². The zero-order valence-electron chi connectivity index (χ0n) is 17.1. The molecule has 1 saturated carbocycles. The summed E-state index contributed by atoms with van der Waals surface area (Å²) in [4.78, 5) is 41.3. The van der Waals surface area contributed by atoms with E-state index < -0.39 is 24.0 Å². The van der Waals surface area contributed by atoms with E-state index in [-0.39, 0.29) is 6.04 Å². The second kappa shape index (κ2) is 9.03. The summed E-state index contributed by atoms with van der Waals surface area (Å²) >= 11 is 0. The molecular weight excluding hydrogens is 370 g/mol. The van der Waals surface area contributed by atoms with E-state index in [1.807, 2.05) is 25.1 Å². The Labute approximate surface area is 170 Å². The van der Waals surface area contributed by atoms with Gasteiger partial charge in [0.05, 0.1) is 16.8 Å². The quantitative estimate of drug-likeness (QED) is 0.769. The van der Waals surface area contributed by atoms with Crippen molar-refractivity contribution in [2.24, 2.45) is 0 Å². The lowest BCUT2D eigenvalue weighted by atomic mass is 9.96. The molecule has 3 rings (SSSR count). The highest BCUT2D eigenvalue weighted by molar-refractivity contribution is 6.00. The Balaban J connectivity index is 1.60. The maximum atomic E-state index is 12.6. The number of carbonyl (C=O) groups is 3. The molecule has 1 unspecified atom stereocenters. The Kier molecular flexibility index (Phi) is 6.46. The molecule has 2 N–H and O–H groups in total. The Bertz CT molecular complexity index is 935. The first-order chi connectivity index (χ1) is 13.8. The molecule has 0 aliphatic heterocycles. The molecule has 7 heteroatoms. The number of benzene rings is 1. The van der Waals surface area contributed by atoms with Crippen LogP contribution in [0.1, 0.15) is 60.6 Å². The second-order valence-electron chi connectivity index (χ2n) is 7.66. The van der Waals surface area contributed by atoms with Gasteiger partial charge in [-0.25, -0.2) is 9.59 Å². The van der Waals surface area contributed by atoms with Crippen molar-refractivity contribution in [3.63, 3.8) is 0 Å². The molecule has 1 fully saturated rings. The number of carbonyl (C=O) groups excluding carboxylic acids is 3. The Hall–Kier alpha value is -2.96. The van der Waals surface area contributed by atoms with Crippen LogP contribution < -0.4 is 10.6 Å². The van der Waals surface area contributed by atoms with Gasteiger partial charge < -0.3 is 10.1 Å². The fourth-order valence-electron chi connectivity index (χ4n) is 3.56. The molecule has 154 valence electrons. The number of aryl methyl sites for hydroxylation is 2. The van der Waals surface area contributed by atoms with Crippen LogP contribution in [0.15, 0.2) is 24.3 Å². The highest BCUT2D eigenvalue weighted by Crippen LogP contribution is 2.19. The first-order valence-corrected chi connectivity index (χ1v) is 10.0. The third-order valence-electron chi connectivity index (χ3n) is 5.21. The fraction of sp³-hybridized carbons (Fsp3) is 0.455. The van der Waals surface area contributed by atoms with E-state index in [1.165, 1.54) is 13.3 Å². The molecule has 29 heavy (non-hydrogen) atoms. The van der Waals surface area contributed by atoms with Crippen LogP contribution in [0.25, 0.3) is 10.9 Å². The van der Waals surface area contributed by atoms with Crippen molar-refractivity contribution in [2.45, 2.75) is 65.0 Å². The number of nitrogens with zero attached hydrogens (tertiary/aromatic N) is 1. The summed E-state index contributed by atoms with van der Waals surface area (Å²) in [7, 11) is 0. The molecule has 1 aliphatic rings. The van der Waals surface area contributed by atoms with Crippen molar-refractivity contribution in [1.82, 2.24) is 15.6 Å². The normalized spacial score (nSPS) is 15.6. The molecule has 7 nitrogen and oxygen atoms in total. The van der Waals surface area contributed by atoms with E-state index >= 15 is 0 Å². The van der Waals surface area contributed by atoms with Gasteiger partial charge in [-0.15, -0.1) is 0 Å². The lowest BCUT2D eigenvalue weighted by Crippen LogP contribution is -2.48. The lowest BCUT2D eigenvalue weighted by Gasteiger charge is -2.23. The number of urea groups is 1. The van der Waals surface area contributed by atoms with Gasteiger partial charge in [0.2, 0.25) is 0 Å². The van der Waals surface area contributed by atoms with Gasteiger partial charge in [0.15, 0.2) is 6.10 Å². The number of imide groups is 1. The molecule has 1 aromatic carbocycles.